The van der Waals surface area contributed by atoms with Gasteiger partial charge in [-0.1, -0.05) is 0 Å². The molecule has 0 bridgehead atoms. The minimum absolute atomic E-state index is 0.223. The Morgan fingerprint density at radius 3 is 2.67 bits per heavy atom. The van der Waals surface area contributed by atoms with Gasteiger partial charge in [0.1, 0.15) is 0 Å². The van der Waals surface area contributed by atoms with Crippen LogP contribution in [0.25, 0.3) is 0 Å². The van der Waals surface area contributed by atoms with Crippen LogP contribution in [-0.4, -0.2) is 18.9 Å². The molecule has 0 radical (unpaired) electrons. The first kappa shape index (κ1) is 11.2. The largest absolute Gasteiger partial charge is 0.397 e. The van der Waals surface area contributed by atoms with Crippen molar-refractivity contribution in [1.29, 1.82) is 0 Å². The Hall–Kier alpha value is -1.85. The number of hydrogen-bond donors (Lipinski definition) is 3. The predicted molar refractivity (Wildman–Crippen MR) is 53.9 cm³/mol. The summed E-state index contributed by atoms with van der Waals surface area (Å²) in [6, 6.07) is 4.22. The zero-order valence-electron chi connectivity index (χ0n) is 7.84. The molecule has 1 aromatic carbocycles. The summed E-state index contributed by atoms with van der Waals surface area (Å²) in [7, 11) is 0. The van der Waals surface area contributed by atoms with Crippen molar-refractivity contribution >= 4 is 17.3 Å². The Balaban J connectivity index is 2.85. The molecule has 0 heterocycles. The van der Waals surface area contributed by atoms with Gasteiger partial charge in [-0.2, -0.15) is 0 Å². The Morgan fingerprint density at radius 2 is 2.13 bits per heavy atom. The lowest BCUT2D eigenvalue weighted by atomic mass is 10.1. The number of benzene rings is 1. The third kappa shape index (κ3) is 3.08. The van der Waals surface area contributed by atoms with Crippen molar-refractivity contribution in [3.8, 4) is 0 Å². The number of halogens is 2. The first-order valence-corrected chi connectivity index (χ1v) is 4.22. The first-order chi connectivity index (χ1) is 7.00. The summed E-state index contributed by atoms with van der Waals surface area (Å²) in [6.07, 6.45) is -2.48. The second-order valence-electron chi connectivity index (χ2n) is 2.94. The Kier molecular flexibility index (Phi) is 3.43. The smallest absolute Gasteiger partial charge is 0.255 e. The molecule has 82 valence electrons. The van der Waals surface area contributed by atoms with Crippen LogP contribution in [0.15, 0.2) is 18.2 Å². The second-order valence-corrected chi connectivity index (χ2v) is 2.94. The van der Waals surface area contributed by atoms with Crippen LogP contribution in [0, 0.1) is 0 Å². The maximum absolute atomic E-state index is 11.9. The highest BCUT2D eigenvalue weighted by Gasteiger charge is 2.07. The highest BCUT2D eigenvalue weighted by Crippen LogP contribution is 2.19. The highest BCUT2D eigenvalue weighted by molar-refractivity contribution is 5.94. The zero-order chi connectivity index (χ0) is 11.4. The lowest BCUT2D eigenvalue weighted by Crippen LogP contribution is -2.14. The summed E-state index contributed by atoms with van der Waals surface area (Å²) >= 11 is 0. The van der Waals surface area contributed by atoms with E-state index in [-0.39, 0.29) is 11.3 Å². The van der Waals surface area contributed by atoms with Gasteiger partial charge in [-0.05, 0) is 18.2 Å². The van der Waals surface area contributed by atoms with E-state index in [0.717, 1.165) is 0 Å². The topological polar surface area (TPSA) is 81.1 Å². The van der Waals surface area contributed by atoms with Gasteiger partial charge in [0.2, 0.25) is 5.91 Å². The van der Waals surface area contributed by atoms with Crippen molar-refractivity contribution < 1.29 is 13.6 Å². The molecule has 15 heavy (non-hydrogen) atoms. The molecule has 0 unspecified atom stereocenters. The van der Waals surface area contributed by atoms with Gasteiger partial charge in [-0.25, -0.2) is 8.78 Å². The molecule has 6 heteroatoms. The fourth-order valence-electron chi connectivity index (χ4n) is 1.05. The van der Waals surface area contributed by atoms with Gasteiger partial charge in [0, 0.05) is 5.56 Å². The predicted octanol–water partition coefficient (Wildman–Crippen LogP) is 1.04. The molecule has 4 nitrogen and oxygen atoms in total. The van der Waals surface area contributed by atoms with Crippen LogP contribution >= 0.6 is 0 Å². The fraction of sp³-hybridized carbons (Fsp3) is 0.222. The summed E-state index contributed by atoms with van der Waals surface area (Å²) in [4.78, 5) is 10.8. The molecule has 0 fully saturated rings. The van der Waals surface area contributed by atoms with E-state index < -0.39 is 18.9 Å². The monoisotopic (exact) mass is 215 g/mol. The summed E-state index contributed by atoms with van der Waals surface area (Å²) < 4.78 is 23.8. The number of anilines is 2. The van der Waals surface area contributed by atoms with E-state index in [1.807, 2.05) is 0 Å². The van der Waals surface area contributed by atoms with E-state index in [0.29, 0.717) is 5.69 Å². The molecule has 0 spiro atoms. The molecule has 0 atom stereocenters. The van der Waals surface area contributed by atoms with E-state index in [2.05, 4.69) is 5.32 Å². The Bertz CT molecular complexity index is 368. The SMILES string of the molecule is NC(=O)c1ccc(N)c(NCC(F)F)c1. The van der Waals surface area contributed by atoms with Crippen LogP contribution in [0.1, 0.15) is 10.4 Å². The standard InChI is InChI=1S/C9H11F2N3O/c10-8(11)4-14-7-3-5(9(13)15)1-2-6(7)12/h1-3,8,14H,4,12H2,(H2,13,15). The maximum Gasteiger partial charge on any atom is 0.255 e. The highest BCUT2D eigenvalue weighted by atomic mass is 19.3. The van der Waals surface area contributed by atoms with Crippen LogP contribution in [-0.2, 0) is 0 Å². The molecule has 5 N–H and O–H groups in total. The molecule has 0 aliphatic rings. The van der Waals surface area contributed by atoms with Crippen molar-refractivity contribution in [3.05, 3.63) is 23.8 Å². The van der Waals surface area contributed by atoms with E-state index >= 15 is 0 Å². The van der Waals surface area contributed by atoms with Crippen LogP contribution in [0.3, 0.4) is 0 Å². The molecule has 0 saturated carbocycles. The van der Waals surface area contributed by atoms with E-state index in [1.165, 1.54) is 18.2 Å². The minimum atomic E-state index is -2.48. The van der Waals surface area contributed by atoms with E-state index in [1.54, 1.807) is 0 Å². The van der Waals surface area contributed by atoms with Gasteiger partial charge in [-0.3, -0.25) is 4.79 Å². The van der Waals surface area contributed by atoms with E-state index in [9.17, 15) is 13.6 Å². The number of carbonyl (C=O) groups excluding carboxylic acids is 1. The van der Waals surface area contributed by atoms with Crippen LogP contribution in [0.4, 0.5) is 20.2 Å². The summed E-state index contributed by atoms with van der Waals surface area (Å²) in [5.41, 5.74) is 11.3. The number of nitrogens with one attached hydrogen (secondary N) is 1. The Labute approximate surface area is 85.2 Å². The number of rotatable bonds is 4. The number of nitrogens with two attached hydrogens (primary N) is 2. The molecule has 0 aliphatic heterocycles. The number of hydrogen-bond acceptors (Lipinski definition) is 3. The molecular weight excluding hydrogens is 204 g/mol. The number of amides is 1. The molecule has 0 aromatic heterocycles. The van der Waals surface area contributed by atoms with Gasteiger partial charge >= 0.3 is 0 Å². The average Bonchev–Trinajstić information content (AvgIpc) is 2.16. The van der Waals surface area contributed by atoms with Gasteiger partial charge in [0.05, 0.1) is 17.9 Å². The van der Waals surface area contributed by atoms with Gasteiger partial charge in [0.25, 0.3) is 6.43 Å². The molecular formula is C9H11F2N3O. The Morgan fingerprint density at radius 1 is 1.47 bits per heavy atom. The zero-order valence-corrected chi connectivity index (χ0v) is 7.84. The van der Waals surface area contributed by atoms with Crippen LogP contribution in [0.2, 0.25) is 0 Å². The maximum atomic E-state index is 11.9. The van der Waals surface area contributed by atoms with Crippen LogP contribution < -0.4 is 16.8 Å². The lowest BCUT2D eigenvalue weighted by molar-refractivity contribution is 0.100. The van der Waals surface area contributed by atoms with Gasteiger partial charge in [0.15, 0.2) is 0 Å². The molecule has 0 aliphatic carbocycles. The second kappa shape index (κ2) is 4.59. The molecule has 1 rings (SSSR count). The van der Waals surface area contributed by atoms with Crippen molar-refractivity contribution in [2.75, 3.05) is 17.6 Å². The summed E-state index contributed by atoms with van der Waals surface area (Å²) in [6.45, 7) is -0.521. The van der Waals surface area contributed by atoms with Crippen LogP contribution in [0.5, 0.6) is 0 Å². The normalized spacial score (nSPS) is 10.3. The third-order valence-corrected chi connectivity index (χ3v) is 1.78. The minimum Gasteiger partial charge on any atom is -0.397 e. The van der Waals surface area contributed by atoms with Crippen molar-refractivity contribution in [1.82, 2.24) is 0 Å². The molecule has 1 aromatic rings. The molecule has 1 amide bonds. The number of alkyl halides is 2. The first-order valence-electron chi connectivity index (χ1n) is 4.22. The van der Waals surface area contributed by atoms with E-state index in [4.69, 9.17) is 11.5 Å². The van der Waals surface area contributed by atoms with Crippen molar-refractivity contribution in [2.45, 2.75) is 6.43 Å². The number of nitrogen functional groups attached to an aromatic ring is 1. The average molecular weight is 215 g/mol. The summed E-state index contributed by atoms with van der Waals surface area (Å²) in [5, 5.41) is 2.42. The number of carbonyl (C=O) groups is 1. The summed E-state index contributed by atoms with van der Waals surface area (Å²) in [5.74, 6) is -0.630. The molecule has 0 saturated heterocycles. The van der Waals surface area contributed by atoms with Gasteiger partial charge in [-0.15, -0.1) is 0 Å². The fourth-order valence-corrected chi connectivity index (χ4v) is 1.05. The van der Waals surface area contributed by atoms with Crippen molar-refractivity contribution in [2.24, 2.45) is 5.73 Å². The van der Waals surface area contributed by atoms with Gasteiger partial charge < -0.3 is 16.8 Å². The quantitative estimate of drug-likeness (QED) is 0.656. The third-order valence-electron chi connectivity index (χ3n) is 1.78. The number of primary amides is 1. The van der Waals surface area contributed by atoms with Crippen molar-refractivity contribution in [3.63, 3.8) is 0 Å². The lowest BCUT2D eigenvalue weighted by Gasteiger charge is -2.09.